The Hall–Kier alpha value is -1.75. The number of carbonyl (C=O) groups excluding carboxylic acids is 1. The van der Waals surface area contributed by atoms with E-state index in [1.807, 2.05) is 25.1 Å². The first kappa shape index (κ1) is 15.3. The molecule has 1 N–H and O–H groups in total. The van der Waals surface area contributed by atoms with Crippen molar-refractivity contribution in [2.75, 3.05) is 34.4 Å². The summed E-state index contributed by atoms with van der Waals surface area (Å²) in [5.74, 6) is 1.47. The lowest BCUT2D eigenvalue weighted by Gasteiger charge is -2.16. The van der Waals surface area contributed by atoms with Gasteiger partial charge in [-0.3, -0.25) is 4.79 Å². The minimum atomic E-state index is 0.0735. The second-order valence-electron chi connectivity index (χ2n) is 4.16. The van der Waals surface area contributed by atoms with E-state index in [1.54, 1.807) is 26.2 Å². The zero-order valence-electron chi connectivity index (χ0n) is 12.0. The third-order valence-corrected chi connectivity index (χ3v) is 2.98. The maximum Gasteiger partial charge on any atom is 0.236 e. The molecule has 1 aromatic carbocycles. The van der Waals surface area contributed by atoms with Gasteiger partial charge in [-0.15, -0.1) is 0 Å². The van der Waals surface area contributed by atoms with E-state index in [9.17, 15) is 4.79 Å². The fourth-order valence-corrected chi connectivity index (χ4v) is 1.71. The Balaban J connectivity index is 2.61. The normalized spacial score (nSPS) is 10.1. The molecule has 19 heavy (non-hydrogen) atoms. The lowest BCUT2D eigenvalue weighted by Crippen LogP contribution is -2.35. The van der Waals surface area contributed by atoms with Crippen LogP contribution in [-0.2, 0) is 11.3 Å². The molecular weight excluding hydrogens is 244 g/mol. The number of para-hydroxylation sites is 1. The number of rotatable bonds is 7. The minimum Gasteiger partial charge on any atom is -0.493 e. The Morgan fingerprint density at radius 2 is 2.05 bits per heavy atom. The van der Waals surface area contributed by atoms with Gasteiger partial charge in [0.2, 0.25) is 5.91 Å². The number of amides is 1. The average Bonchev–Trinajstić information content (AvgIpc) is 2.45. The van der Waals surface area contributed by atoms with Crippen molar-refractivity contribution in [2.24, 2.45) is 0 Å². The Morgan fingerprint density at radius 1 is 1.32 bits per heavy atom. The van der Waals surface area contributed by atoms with Crippen molar-refractivity contribution in [3.8, 4) is 11.5 Å². The first-order valence-electron chi connectivity index (χ1n) is 6.28. The third kappa shape index (κ3) is 4.13. The molecule has 0 bridgehead atoms. The largest absolute Gasteiger partial charge is 0.493 e. The van der Waals surface area contributed by atoms with Gasteiger partial charge >= 0.3 is 0 Å². The van der Waals surface area contributed by atoms with Crippen LogP contribution in [0.25, 0.3) is 0 Å². The summed E-state index contributed by atoms with van der Waals surface area (Å²) in [4.78, 5) is 13.3. The minimum absolute atomic E-state index is 0.0735. The molecule has 0 saturated heterocycles. The van der Waals surface area contributed by atoms with Crippen molar-refractivity contribution >= 4 is 5.91 Å². The van der Waals surface area contributed by atoms with Crippen LogP contribution in [0.4, 0.5) is 0 Å². The molecule has 0 radical (unpaired) electrons. The number of nitrogens with one attached hydrogen (secondary N) is 1. The fourth-order valence-electron chi connectivity index (χ4n) is 1.71. The molecule has 106 valence electrons. The van der Waals surface area contributed by atoms with E-state index in [0.29, 0.717) is 31.1 Å². The highest BCUT2D eigenvalue weighted by Crippen LogP contribution is 2.30. The molecule has 1 amide bonds. The van der Waals surface area contributed by atoms with Crippen LogP contribution in [0.1, 0.15) is 12.5 Å². The summed E-state index contributed by atoms with van der Waals surface area (Å²) in [6.45, 7) is 3.53. The number of methoxy groups -OCH3 is 2. The number of hydrogen-bond donors (Lipinski definition) is 1. The van der Waals surface area contributed by atoms with Crippen LogP contribution in [-0.4, -0.2) is 45.2 Å². The molecule has 5 heteroatoms. The van der Waals surface area contributed by atoms with Gasteiger partial charge in [0.25, 0.3) is 0 Å². The number of carbonyl (C=O) groups is 1. The number of likely N-dealkylation sites (N-methyl/N-ethyl adjacent to an activating group) is 1. The van der Waals surface area contributed by atoms with E-state index in [2.05, 4.69) is 5.32 Å². The predicted molar refractivity (Wildman–Crippen MR) is 74.6 cm³/mol. The second-order valence-corrected chi connectivity index (χ2v) is 4.16. The fraction of sp³-hybridized carbons (Fsp3) is 0.500. The quantitative estimate of drug-likeness (QED) is 0.807. The molecule has 0 aliphatic heterocycles. The molecule has 0 heterocycles. The Labute approximate surface area is 114 Å². The monoisotopic (exact) mass is 266 g/mol. The summed E-state index contributed by atoms with van der Waals surface area (Å²) in [5.41, 5.74) is 0.966. The molecule has 1 aromatic rings. The summed E-state index contributed by atoms with van der Waals surface area (Å²) >= 11 is 0. The van der Waals surface area contributed by atoms with Crippen molar-refractivity contribution in [1.29, 1.82) is 0 Å². The summed E-state index contributed by atoms with van der Waals surface area (Å²) in [5, 5.41) is 3.12. The maximum atomic E-state index is 11.6. The zero-order valence-corrected chi connectivity index (χ0v) is 12.0. The lowest BCUT2D eigenvalue weighted by molar-refractivity contribution is -0.128. The van der Waals surface area contributed by atoms with Gasteiger partial charge in [-0.2, -0.15) is 0 Å². The van der Waals surface area contributed by atoms with Gasteiger partial charge in [-0.1, -0.05) is 12.1 Å². The first-order valence-corrected chi connectivity index (χ1v) is 6.28. The molecule has 0 atom stereocenters. The van der Waals surface area contributed by atoms with Crippen molar-refractivity contribution in [3.63, 3.8) is 0 Å². The highest BCUT2D eigenvalue weighted by atomic mass is 16.5. The second kappa shape index (κ2) is 7.63. The van der Waals surface area contributed by atoms with Crippen LogP contribution in [0.2, 0.25) is 0 Å². The van der Waals surface area contributed by atoms with Crippen LogP contribution in [0.3, 0.4) is 0 Å². The molecule has 0 fully saturated rings. The Morgan fingerprint density at radius 3 is 2.63 bits per heavy atom. The van der Waals surface area contributed by atoms with Gasteiger partial charge < -0.3 is 19.7 Å². The number of ether oxygens (including phenoxy) is 2. The van der Waals surface area contributed by atoms with E-state index in [4.69, 9.17) is 9.47 Å². The smallest absolute Gasteiger partial charge is 0.236 e. The summed E-state index contributed by atoms with van der Waals surface area (Å²) in [6.07, 6.45) is 0. The van der Waals surface area contributed by atoms with E-state index >= 15 is 0 Å². The van der Waals surface area contributed by atoms with Gasteiger partial charge in [-0.25, -0.2) is 0 Å². The summed E-state index contributed by atoms with van der Waals surface area (Å²) in [7, 11) is 5.00. The van der Waals surface area contributed by atoms with Crippen molar-refractivity contribution in [2.45, 2.75) is 13.5 Å². The van der Waals surface area contributed by atoms with E-state index in [1.165, 1.54) is 0 Å². The molecule has 5 nitrogen and oxygen atoms in total. The lowest BCUT2D eigenvalue weighted by atomic mass is 10.2. The predicted octanol–water partition coefficient (Wildman–Crippen LogP) is 1.27. The third-order valence-electron chi connectivity index (χ3n) is 2.98. The zero-order chi connectivity index (χ0) is 14.3. The summed E-state index contributed by atoms with van der Waals surface area (Å²) < 4.78 is 10.6. The summed E-state index contributed by atoms with van der Waals surface area (Å²) in [6, 6.07) is 5.69. The average molecular weight is 266 g/mol. The first-order chi connectivity index (χ1) is 9.13. The highest BCUT2D eigenvalue weighted by Gasteiger charge is 2.10. The number of nitrogens with zero attached hydrogens (tertiary/aromatic N) is 1. The van der Waals surface area contributed by atoms with Gasteiger partial charge in [-0.05, 0) is 13.0 Å². The van der Waals surface area contributed by atoms with Gasteiger partial charge in [0.15, 0.2) is 11.5 Å². The van der Waals surface area contributed by atoms with Gasteiger partial charge in [0.1, 0.15) is 0 Å². The molecular formula is C14H22N2O3. The van der Waals surface area contributed by atoms with Crippen LogP contribution >= 0.6 is 0 Å². The number of hydrogen-bond acceptors (Lipinski definition) is 4. The molecule has 0 unspecified atom stereocenters. The Kier molecular flexibility index (Phi) is 6.15. The standard InChI is InChI=1S/C14H22N2O3/c1-5-16(2)13(17)10-15-9-11-7-6-8-12(18-3)14(11)19-4/h6-8,15H,5,9-10H2,1-4H3. The van der Waals surface area contributed by atoms with Crippen LogP contribution in [0.15, 0.2) is 18.2 Å². The van der Waals surface area contributed by atoms with Crippen molar-refractivity contribution in [1.82, 2.24) is 10.2 Å². The molecule has 1 rings (SSSR count). The highest BCUT2D eigenvalue weighted by molar-refractivity contribution is 5.77. The molecule has 0 aliphatic carbocycles. The topological polar surface area (TPSA) is 50.8 Å². The molecule has 0 aliphatic rings. The molecule has 0 aromatic heterocycles. The van der Waals surface area contributed by atoms with Gasteiger partial charge in [0.05, 0.1) is 20.8 Å². The van der Waals surface area contributed by atoms with E-state index in [0.717, 1.165) is 5.56 Å². The molecule has 0 saturated carbocycles. The van der Waals surface area contributed by atoms with Crippen LogP contribution in [0, 0.1) is 0 Å². The van der Waals surface area contributed by atoms with E-state index < -0.39 is 0 Å². The van der Waals surface area contributed by atoms with Crippen molar-refractivity contribution < 1.29 is 14.3 Å². The van der Waals surface area contributed by atoms with Crippen LogP contribution in [0.5, 0.6) is 11.5 Å². The van der Waals surface area contributed by atoms with E-state index in [-0.39, 0.29) is 5.91 Å². The number of benzene rings is 1. The van der Waals surface area contributed by atoms with Gasteiger partial charge in [0, 0.05) is 25.7 Å². The van der Waals surface area contributed by atoms with Crippen LogP contribution < -0.4 is 14.8 Å². The SMILES string of the molecule is CCN(C)C(=O)CNCc1cccc(OC)c1OC. The maximum absolute atomic E-state index is 11.6. The van der Waals surface area contributed by atoms with Crippen molar-refractivity contribution in [3.05, 3.63) is 23.8 Å². The molecule has 0 spiro atoms. The Bertz CT molecular complexity index is 421.